The van der Waals surface area contributed by atoms with Gasteiger partial charge in [-0.15, -0.1) is 0 Å². The van der Waals surface area contributed by atoms with Gasteiger partial charge < -0.3 is 13.8 Å². The normalized spacial score (nSPS) is 10.7. The fourth-order valence-corrected chi connectivity index (χ4v) is 2.69. The number of aromatic nitrogens is 4. The molecule has 4 aromatic rings. The standard InChI is InChI=1S/C20H16N4O3/c1-26-17-6-2-5-15(10-17)19-22-20(27-23-19)16-7-8-18(25)24(13-16)12-14-4-3-9-21-11-14/h2-11,13H,12H2,1H3. The van der Waals surface area contributed by atoms with Crippen molar-refractivity contribution in [2.75, 3.05) is 7.11 Å². The molecule has 0 aliphatic carbocycles. The molecule has 27 heavy (non-hydrogen) atoms. The van der Waals surface area contributed by atoms with Crippen molar-refractivity contribution in [1.82, 2.24) is 19.7 Å². The van der Waals surface area contributed by atoms with Crippen LogP contribution in [0, 0.1) is 0 Å². The third-order valence-corrected chi connectivity index (χ3v) is 4.06. The number of benzene rings is 1. The molecule has 0 aliphatic heterocycles. The van der Waals surface area contributed by atoms with Gasteiger partial charge in [-0.2, -0.15) is 4.98 Å². The third-order valence-electron chi connectivity index (χ3n) is 4.06. The number of hydrogen-bond acceptors (Lipinski definition) is 6. The van der Waals surface area contributed by atoms with E-state index in [1.54, 1.807) is 36.3 Å². The van der Waals surface area contributed by atoms with Crippen LogP contribution in [0.5, 0.6) is 5.75 Å². The quantitative estimate of drug-likeness (QED) is 0.544. The summed E-state index contributed by atoms with van der Waals surface area (Å²) in [4.78, 5) is 20.7. The Bertz CT molecular complexity index is 1120. The van der Waals surface area contributed by atoms with Gasteiger partial charge in [-0.25, -0.2) is 0 Å². The summed E-state index contributed by atoms with van der Waals surface area (Å²) in [6.07, 6.45) is 5.13. The number of rotatable bonds is 5. The van der Waals surface area contributed by atoms with E-state index in [-0.39, 0.29) is 5.56 Å². The molecule has 0 saturated heterocycles. The molecule has 0 fully saturated rings. The molecule has 1 aromatic carbocycles. The van der Waals surface area contributed by atoms with Gasteiger partial charge in [-0.1, -0.05) is 23.4 Å². The summed E-state index contributed by atoms with van der Waals surface area (Å²) in [5.41, 5.74) is 2.27. The second-order valence-corrected chi connectivity index (χ2v) is 5.90. The summed E-state index contributed by atoms with van der Waals surface area (Å²) < 4.78 is 12.2. The molecule has 0 N–H and O–H groups in total. The molecule has 0 radical (unpaired) electrons. The minimum absolute atomic E-state index is 0.116. The predicted molar refractivity (Wildman–Crippen MR) is 99.3 cm³/mol. The van der Waals surface area contributed by atoms with Gasteiger partial charge in [-0.3, -0.25) is 9.78 Å². The lowest BCUT2D eigenvalue weighted by molar-refractivity contribution is 0.414. The van der Waals surface area contributed by atoms with E-state index >= 15 is 0 Å². The first kappa shape index (κ1) is 16.7. The summed E-state index contributed by atoms with van der Waals surface area (Å²) >= 11 is 0. The van der Waals surface area contributed by atoms with E-state index in [1.807, 2.05) is 36.4 Å². The van der Waals surface area contributed by atoms with Crippen molar-refractivity contribution in [2.24, 2.45) is 0 Å². The Morgan fingerprint density at radius 1 is 1.11 bits per heavy atom. The van der Waals surface area contributed by atoms with Crippen molar-refractivity contribution in [3.8, 4) is 28.6 Å². The van der Waals surface area contributed by atoms with Crippen molar-refractivity contribution < 1.29 is 9.26 Å². The van der Waals surface area contributed by atoms with Gasteiger partial charge in [0.05, 0.1) is 19.2 Å². The molecular formula is C20H16N4O3. The van der Waals surface area contributed by atoms with Crippen LogP contribution in [0.1, 0.15) is 5.56 Å². The van der Waals surface area contributed by atoms with Crippen molar-refractivity contribution >= 4 is 0 Å². The van der Waals surface area contributed by atoms with E-state index in [4.69, 9.17) is 9.26 Å². The molecular weight excluding hydrogens is 344 g/mol. The highest BCUT2D eigenvalue weighted by Gasteiger charge is 2.12. The van der Waals surface area contributed by atoms with Gasteiger partial charge in [0.25, 0.3) is 11.4 Å². The van der Waals surface area contributed by atoms with Gasteiger partial charge in [0, 0.05) is 30.2 Å². The zero-order chi connectivity index (χ0) is 18.6. The summed E-state index contributed by atoms with van der Waals surface area (Å²) in [6.45, 7) is 0.414. The van der Waals surface area contributed by atoms with E-state index in [0.29, 0.717) is 29.6 Å². The lowest BCUT2D eigenvalue weighted by Gasteiger charge is -2.06. The Morgan fingerprint density at radius 2 is 2.04 bits per heavy atom. The first-order chi connectivity index (χ1) is 13.2. The number of pyridine rings is 2. The molecule has 3 heterocycles. The minimum Gasteiger partial charge on any atom is -0.497 e. The van der Waals surface area contributed by atoms with E-state index in [2.05, 4.69) is 15.1 Å². The Kier molecular flexibility index (Phi) is 4.49. The first-order valence-electron chi connectivity index (χ1n) is 8.31. The molecule has 4 rings (SSSR count). The molecule has 0 bridgehead atoms. The Hall–Kier alpha value is -3.74. The molecule has 0 aliphatic rings. The molecule has 7 heteroatoms. The summed E-state index contributed by atoms with van der Waals surface area (Å²) in [5, 5.41) is 4.04. The van der Waals surface area contributed by atoms with E-state index < -0.39 is 0 Å². The maximum atomic E-state index is 12.2. The summed E-state index contributed by atoms with van der Waals surface area (Å²) in [6, 6.07) is 14.3. The average Bonchev–Trinajstić information content (AvgIpc) is 3.21. The lowest BCUT2D eigenvalue weighted by atomic mass is 10.2. The number of nitrogens with zero attached hydrogens (tertiary/aromatic N) is 4. The fourth-order valence-electron chi connectivity index (χ4n) is 2.69. The summed E-state index contributed by atoms with van der Waals surface area (Å²) in [5.74, 6) is 1.51. The zero-order valence-corrected chi connectivity index (χ0v) is 14.6. The Labute approximate surface area is 154 Å². The second-order valence-electron chi connectivity index (χ2n) is 5.90. The number of hydrogen-bond donors (Lipinski definition) is 0. The Balaban J connectivity index is 1.65. The van der Waals surface area contributed by atoms with Gasteiger partial charge in [0.1, 0.15) is 5.75 Å². The SMILES string of the molecule is COc1cccc(-c2noc(-c3ccc(=O)n(Cc4cccnc4)c3)n2)c1. The zero-order valence-electron chi connectivity index (χ0n) is 14.6. The van der Waals surface area contributed by atoms with Crippen molar-refractivity contribution in [3.05, 3.63) is 83.0 Å². The average molecular weight is 360 g/mol. The number of ether oxygens (including phenoxy) is 1. The highest BCUT2D eigenvalue weighted by molar-refractivity contribution is 5.60. The van der Waals surface area contributed by atoms with Crippen LogP contribution in [0.4, 0.5) is 0 Å². The topological polar surface area (TPSA) is 83.0 Å². The molecule has 0 saturated carbocycles. The van der Waals surface area contributed by atoms with E-state index in [0.717, 1.165) is 11.1 Å². The smallest absolute Gasteiger partial charge is 0.259 e. The maximum absolute atomic E-state index is 12.2. The predicted octanol–water partition coefficient (Wildman–Crippen LogP) is 3.02. The second kappa shape index (κ2) is 7.25. The lowest BCUT2D eigenvalue weighted by Crippen LogP contribution is -2.19. The highest BCUT2D eigenvalue weighted by atomic mass is 16.5. The monoisotopic (exact) mass is 360 g/mol. The van der Waals surface area contributed by atoms with Gasteiger partial charge in [0.2, 0.25) is 5.82 Å². The summed E-state index contributed by atoms with van der Waals surface area (Å²) in [7, 11) is 1.60. The van der Waals surface area contributed by atoms with Gasteiger partial charge in [-0.05, 0) is 29.8 Å². The van der Waals surface area contributed by atoms with Gasteiger partial charge >= 0.3 is 0 Å². The van der Waals surface area contributed by atoms with Gasteiger partial charge in [0.15, 0.2) is 0 Å². The molecule has 3 aromatic heterocycles. The van der Waals surface area contributed by atoms with E-state index in [1.165, 1.54) is 6.07 Å². The minimum atomic E-state index is -0.116. The third kappa shape index (κ3) is 3.62. The molecule has 0 unspecified atom stereocenters. The van der Waals surface area contributed by atoms with Crippen LogP contribution in [-0.4, -0.2) is 26.8 Å². The fraction of sp³-hybridized carbons (Fsp3) is 0.100. The molecule has 134 valence electrons. The molecule has 0 spiro atoms. The van der Waals surface area contributed by atoms with Crippen LogP contribution in [0.3, 0.4) is 0 Å². The molecule has 7 nitrogen and oxygen atoms in total. The molecule has 0 atom stereocenters. The highest BCUT2D eigenvalue weighted by Crippen LogP contribution is 2.24. The van der Waals surface area contributed by atoms with Crippen LogP contribution < -0.4 is 10.3 Å². The van der Waals surface area contributed by atoms with Crippen LogP contribution in [0.25, 0.3) is 22.8 Å². The van der Waals surface area contributed by atoms with Crippen molar-refractivity contribution in [1.29, 1.82) is 0 Å². The van der Waals surface area contributed by atoms with E-state index in [9.17, 15) is 4.79 Å². The van der Waals surface area contributed by atoms with Crippen molar-refractivity contribution in [3.63, 3.8) is 0 Å². The number of methoxy groups -OCH3 is 1. The first-order valence-corrected chi connectivity index (χ1v) is 8.31. The van der Waals surface area contributed by atoms with Crippen LogP contribution in [-0.2, 0) is 6.54 Å². The van der Waals surface area contributed by atoms with Crippen LogP contribution >= 0.6 is 0 Å². The molecule has 0 amide bonds. The van der Waals surface area contributed by atoms with Crippen molar-refractivity contribution in [2.45, 2.75) is 6.54 Å². The largest absolute Gasteiger partial charge is 0.497 e. The van der Waals surface area contributed by atoms with Crippen LogP contribution in [0.15, 0.2) is 76.4 Å². The maximum Gasteiger partial charge on any atom is 0.259 e. The van der Waals surface area contributed by atoms with Crippen LogP contribution in [0.2, 0.25) is 0 Å². The Morgan fingerprint density at radius 3 is 2.85 bits per heavy atom.